The third kappa shape index (κ3) is 6.99. The third-order valence-corrected chi connectivity index (χ3v) is 7.27. The molecule has 0 bridgehead atoms. The molecule has 3 saturated heterocycles. The van der Waals surface area contributed by atoms with E-state index in [-0.39, 0.29) is 36.5 Å². The van der Waals surface area contributed by atoms with Crippen LogP contribution in [0.25, 0.3) is 10.9 Å². The molecule has 36 heavy (non-hydrogen) atoms. The summed E-state index contributed by atoms with van der Waals surface area (Å²) in [4.78, 5) is 38.9. The van der Waals surface area contributed by atoms with E-state index < -0.39 is 0 Å². The van der Waals surface area contributed by atoms with Gasteiger partial charge in [-0.3, -0.25) is 29.2 Å². The number of cyclic esters (lactones) is 1. The van der Waals surface area contributed by atoms with Crippen molar-refractivity contribution in [3.63, 3.8) is 0 Å². The Labute approximate surface area is 210 Å². The number of pyridine rings is 1. The van der Waals surface area contributed by atoms with Crippen molar-refractivity contribution in [3.8, 4) is 0 Å². The summed E-state index contributed by atoms with van der Waals surface area (Å²) in [6, 6.07) is 10.5. The van der Waals surface area contributed by atoms with Crippen LogP contribution in [0.2, 0.25) is 0 Å². The Balaban J connectivity index is 0.000000550. The Kier molecular flexibility index (Phi) is 10.2. The van der Waals surface area contributed by atoms with Gasteiger partial charge in [-0.1, -0.05) is 24.3 Å². The zero-order valence-electron chi connectivity index (χ0n) is 20.4. The predicted octanol–water partition coefficient (Wildman–Crippen LogP) is 1.99. The maximum Gasteiger partial charge on any atom is 0.312 e. The normalized spacial score (nSPS) is 22.1. The summed E-state index contributed by atoms with van der Waals surface area (Å²) >= 11 is 0. The standard InChI is InChI=1S/C24H31N3O3.2CH2O2/c28-20-6-11-26(12-7-20)17-21-15-24(23(29)30-21)8-13-27(14-9-24)16-19-4-1-3-18-5-2-10-25-22(18)19;2*2-1-3/h1-5,10,20-21,28H,6-9,11-17H2;2*1H,(H,2,3). The Morgan fingerprint density at radius 2 is 1.64 bits per heavy atom. The molecule has 3 fully saturated rings. The van der Waals surface area contributed by atoms with Crippen LogP contribution >= 0.6 is 0 Å². The molecule has 2 aromatic rings. The van der Waals surface area contributed by atoms with Crippen LogP contribution in [0.3, 0.4) is 0 Å². The molecule has 4 heterocycles. The van der Waals surface area contributed by atoms with Crippen molar-refractivity contribution in [2.24, 2.45) is 5.41 Å². The second kappa shape index (κ2) is 13.3. The highest BCUT2D eigenvalue weighted by Crippen LogP contribution is 2.43. The number of aliphatic hydroxyl groups is 1. The number of fused-ring (bicyclic) bond motifs is 1. The number of rotatable bonds is 4. The first-order chi connectivity index (χ1) is 17.4. The molecule has 1 unspecified atom stereocenters. The van der Waals surface area contributed by atoms with Gasteiger partial charge in [0.1, 0.15) is 6.10 Å². The van der Waals surface area contributed by atoms with Gasteiger partial charge in [0, 0.05) is 44.2 Å². The van der Waals surface area contributed by atoms with Gasteiger partial charge in [0.2, 0.25) is 0 Å². The first-order valence-corrected chi connectivity index (χ1v) is 12.3. The lowest BCUT2D eigenvalue weighted by Crippen LogP contribution is -2.42. The van der Waals surface area contributed by atoms with E-state index in [2.05, 4.69) is 39.0 Å². The highest BCUT2D eigenvalue weighted by atomic mass is 16.6. The molecular weight excluding hydrogens is 466 g/mol. The average Bonchev–Trinajstić information content (AvgIpc) is 3.17. The fourth-order valence-electron chi connectivity index (χ4n) is 5.41. The number of hydrogen-bond acceptors (Lipinski definition) is 8. The minimum Gasteiger partial charge on any atom is -0.483 e. The second-order valence-electron chi connectivity index (χ2n) is 9.52. The summed E-state index contributed by atoms with van der Waals surface area (Å²) in [7, 11) is 0. The molecule has 0 amide bonds. The summed E-state index contributed by atoms with van der Waals surface area (Å²) in [5.74, 6) is 0.0102. The van der Waals surface area contributed by atoms with Crippen molar-refractivity contribution in [1.29, 1.82) is 0 Å². The Morgan fingerprint density at radius 1 is 1.00 bits per heavy atom. The largest absolute Gasteiger partial charge is 0.483 e. The molecule has 5 rings (SSSR count). The summed E-state index contributed by atoms with van der Waals surface area (Å²) in [5.41, 5.74) is 2.03. The number of aromatic nitrogens is 1. The number of esters is 1. The third-order valence-electron chi connectivity index (χ3n) is 7.27. The molecule has 10 nitrogen and oxygen atoms in total. The number of nitrogens with zero attached hydrogens (tertiary/aromatic N) is 3. The van der Waals surface area contributed by atoms with Gasteiger partial charge < -0.3 is 20.1 Å². The van der Waals surface area contributed by atoms with Gasteiger partial charge in [0.05, 0.1) is 17.0 Å². The molecule has 1 aromatic carbocycles. The monoisotopic (exact) mass is 501 g/mol. The van der Waals surface area contributed by atoms with E-state index in [0.29, 0.717) is 0 Å². The predicted molar refractivity (Wildman–Crippen MR) is 132 cm³/mol. The smallest absolute Gasteiger partial charge is 0.312 e. The SMILES string of the molecule is O=C1OC(CN2CCC(O)CC2)CC12CCN(Cc1cccc3cccnc13)CC2.O=CO.O=CO. The number of benzene rings is 1. The first kappa shape index (κ1) is 27.5. The zero-order valence-corrected chi connectivity index (χ0v) is 20.4. The number of likely N-dealkylation sites (tertiary alicyclic amines) is 2. The van der Waals surface area contributed by atoms with E-state index in [0.717, 1.165) is 76.9 Å². The van der Waals surface area contributed by atoms with Crippen molar-refractivity contribution >= 4 is 29.8 Å². The lowest BCUT2D eigenvalue weighted by Gasteiger charge is -2.36. The second-order valence-corrected chi connectivity index (χ2v) is 9.52. The molecule has 0 radical (unpaired) electrons. The van der Waals surface area contributed by atoms with Gasteiger partial charge in [-0.2, -0.15) is 0 Å². The highest BCUT2D eigenvalue weighted by Gasteiger charge is 2.50. The topological polar surface area (TPSA) is 140 Å². The van der Waals surface area contributed by atoms with Gasteiger partial charge in [-0.15, -0.1) is 0 Å². The van der Waals surface area contributed by atoms with Crippen LogP contribution < -0.4 is 0 Å². The number of carbonyl (C=O) groups is 3. The fourth-order valence-corrected chi connectivity index (χ4v) is 5.41. The Bertz CT molecular complexity index is 991. The maximum absolute atomic E-state index is 12.8. The quantitative estimate of drug-likeness (QED) is 0.421. The van der Waals surface area contributed by atoms with E-state index in [9.17, 15) is 9.90 Å². The van der Waals surface area contributed by atoms with E-state index in [1.54, 1.807) is 0 Å². The van der Waals surface area contributed by atoms with Crippen molar-refractivity contribution in [1.82, 2.24) is 14.8 Å². The maximum atomic E-state index is 12.8. The Hall–Kier alpha value is -3.08. The van der Waals surface area contributed by atoms with Crippen molar-refractivity contribution in [2.45, 2.75) is 50.9 Å². The molecule has 3 aliphatic rings. The zero-order chi connectivity index (χ0) is 26.0. The van der Waals surface area contributed by atoms with Gasteiger partial charge in [-0.05, 0) is 50.4 Å². The lowest BCUT2D eigenvalue weighted by atomic mass is 9.76. The number of carbonyl (C=O) groups excluding carboxylic acids is 1. The van der Waals surface area contributed by atoms with Gasteiger partial charge in [0.25, 0.3) is 12.9 Å². The summed E-state index contributed by atoms with van der Waals surface area (Å²) in [6.45, 7) is 4.82. The number of piperidine rings is 2. The van der Waals surface area contributed by atoms with Gasteiger partial charge >= 0.3 is 5.97 Å². The molecule has 1 aromatic heterocycles. The van der Waals surface area contributed by atoms with E-state index in [1.165, 1.54) is 10.9 Å². The number of ether oxygens (including phenoxy) is 1. The van der Waals surface area contributed by atoms with Crippen LogP contribution in [-0.2, 0) is 25.7 Å². The molecule has 0 aliphatic carbocycles. The molecule has 3 N–H and O–H groups in total. The fraction of sp³-hybridized carbons (Fsp3) is 0.538. The molecule has 196 valence electrons. The van der Waals surface area contributed by atoms with Crippen LogP contribution in [0.1, 0.15) is 37.7 Å². The van der Waals surface area contributed by atoms with Crippen LogP contribution in [0, 0.1) is 5.41 Å². The molecule has 1 atom stereocenters. The molecule has 1 spiro atoms. The molecule has 10 heteroatoms. The Morgan fingerprint density at radius 3 is 2.31 bits per heavy atom. The number of hydrogen-bond donors (Lipinski definition) is 3. The van der Waals surface area contributed by atoms with E-state index >= 15 is 0 Å². The summed E-state index contributed by atoms with van der Waals surface area (Å²) in [6.07, 6.45) is 5.93. The van der Waals surface area contributed by atoms with Crippen molar-refractivity contribution in [3.05, 3.63) is 42.1 Å². The minimum absolute atomic E-state index is 0.00144. The first-order valence-electron chi connectivity index (χ1n) is 12.3. The van der Waals surface area contributed by atoms with Crippen molar-refractivity contribution < 1.29 is 34.4 Å². The number of aliphatic hydroxyl groups excluding tert-OH is 1. The van der Waals surface area contributed by atoms with Gasteiger partial charge in [-0.25, -0.2) is 0 Å². The molecular formula is C26H35N3O7. The number of para-hydroxylation sites is 1. The lowest BCUT2D eigenvalue weighted by molar-refractivity contribution is -0.151. The summed E-state index contributed by atoms with van der Waals surface area (Å²) in [5, 5.41) is 24.7. The minimum atomic E-state index is -0.298. The summed E-state index contributed by atoms with van der Waals surface area (Å²) < 4.78 is 5.82. The van der Waals surface area contributed by atoms with E-state index in [4.69, 9.17) is 24.5 Å². The van der Waals surface area contributed by atoms with Crippen LogP contribution in [0.5, 0.6) is 0 Å². The van der Waals surface area contributed by atoms with Crippen molar-refractivity contribution in [2.75, 3.05) is 32.7 Å². The highest BCUT2D eigenvalue weighted by molar-refractivity contribution is 5.81. The van der Waals surface area contributed by atoms with Crippen LogP contribution in [-0.4, -0.2) is 93.9 Å². The van der Waals surface area contributed by atoms with E-state index in [1.807, 2.05) is 12.3 Å². The molecule has 0 saturated carbocycles. The molecule has 3 aliphatic heterocycles. The van der Waals surface area contributed by atoms with Crippen LogP contribution in [0.15, 0.2) is 36.5 Å². The number of carboxylic acid groups (broad SMARTS) is 2. The van der Waals surface area contributed by atoms with Crippen LogP contribution in [0.4, 0.5) is 0 Å². The van der Waals surface area contributed by atoms with Gasteiger partial charge in [0.15, 0.2) is 0 Å². The average molecular weight is 502 g/mol.